The van der Waals surface area contributed by atoms with Gasteiger partial charge in [-0.2, -0.15) is 0 Å². The van der Waals surface area contributed by atoms with Gasteiger partial charge in [0.15, 0.2) is 0 Å². The normalized spacial score (nSPS) is 11.8. The Morgan fingerprint density at radius 3 is 1.80 bits per heavy atom. The molecule has 0 saturated carbocycles. The van der Waals surface area contributed by atoms with E-state index in [2.05, 4.69) is 119 Å². The van der Waals surface area contributed by atoms with E-state index in [0.29, 0.717) is 0 Å². The second-order valence-corrected chi connectivity index (χ2v) is 10.7. The summed E-state index contributed by atoms with van der Waals surface area (Å²) in [6.45, 7) is 8.51. The predicted octanol–water partition coefficient (Wildman–Crippen LogP) is 10.4. The van der Waals surface area contributed by atoms with E-state index in [1.165, 1.54) is 52.8 Å². The second-order valence-electron chi connectivity index (χ2n) is 8.75. The largest absolute Gasteiger partial charge is 0.309 e. The molecule has 0 aliphatic rings. The molecule has 0 atom stereocenters. The molecule has 35 heavy (non-hydrogen) atoms. The maximum Gasteiger partial charge on any atom is 0.0554 e. The molecule has 7 rings (SSSR count). The summed E-state index contributed by atoms with van der Waals surface area (Å²) in [6.07, 6.45) is 3.99. The molecule has 0 fully saturated rings. The summed E-state index contributed by atoms with van der Waals surface area (Å²) in [5, 5.41) is 7.53. The average molecular weight is 530 g/mol. The van der Waals surface area contributed by atoms with Gasteiger partial charge in [-0.1, -0.05) is 102 Å². The first-order valence-corrected chi connectivity index (χ1v) is 13.2. The summed E-state index contributed by atoms with van der Waals surface area (Å²) < 4.78 is 6.02. The van der Waals surface area contributed by atoms with Crippen molar-refractivity contribution < 1.29 is 0 Å². The van der Waals surface area contributed by atoms with E-state index in [1.807, 2.05) is 23.5 Å². The van der Waals surface area contributed by atoms with Crippen LogP contribution in [0.4, 0.5) is 0 Å². The molecule has 7 aromatic rings. The van der Waals surface area contributed by atoms with Crippen LogP contribution in [0, 0.1) is 0 Å². The van der Waals surface area contributed by atoms with Gasteiger partial charge in [-0.3, -0.25) is 0 Å². The van der Waals surface area contributed by atoms with E-state index in [0.717, 1.165) is 21.3 Å². The third kappa shape index (κ3) is 2.80. The van der Waals surface area contributed by atoms with E-state index in [4.69, 9.17) is 0 Å². The summed E-state index contributed by atoms with van der Waals surface area (Å²) in [4.78, 5) is 0. The summed E-state index contributed by atoms with van der Waals surface area (Å²) >= 11 is 5.64. The lowest BCUT2D eigenvalue weighted by molar-refractivity contribution is 1.18. The Hall–Kier alpha value is -3.66. The molecule has 3 heteroatoms. The monoisotopic (exact) mass is 529 g/mol. The van der Waals surface area contributed by atoms with E-state index in [1.54, 1.807) is 0 Å². The fourth-order valence-corrected chi connectivity index (χ4v) is 7.51. The van der Waals surface area contributed by atoms with Gasteiger partial charge in [-0.05, 0) is 40.6 Å². The van der Waals surface area contributed by atoms with Crippen LogP contribution in [0.2, 0.25) is 0 Å². The van der Waals surface area contributed by atoms with Gasteiger partial charge < -0.3 is 4.57 Å². The maximum absolute atomic E-state index is 4.26. The van der Waals surface area contributed by atoms with Crippen molar-refractivity contribution in [2.45, 2.75) is 0 Å². The SMILES string of the molecule is C=Cc1c(-n2c3ccccc3c3ccccc32)cc2sc3cc(Br)c4ccccc4c3c2c1C=C. The number of hydrogen-bond acceptors (Lipinski definition) is 1. The molecule has 0 radical (unpaired) electrons. The number of nitrogens with zero attached hydrogens (tertiary/aromatic N) is 1. The van der Waals surface area contributed by atoms with Crippen LogP contribution >= 0.6 is 27.3 Å². The molecule has 0 bridgehead atoms. The Kier molecular flexibility index (Phi) is 4.54. The number of halogens is 1. The van der Waals surface area contributed by atoms with Crippen molar-refractivity contribution >= 4 is 92.2 Å². The van der Waals surface area contributed by atoms with Crippen molar-refractivity contribution in [3.8, 4) is 5.69 Å². The van der Waals surface area contributed by atoms with E-state index < -0.39 is 0 Å². The van der Waals surface area contributed by atoms with Crippen LogP contribution in [0.25, 0.3) is 70.6 Å². The second kappa shape index (κ2) is 7.67. The summed E-state index contributed by atoms with van der Waals surface area (Å²) in [7, 11) is 0. The van der Waals surface area contributed by atoms with Gasteiger partial charge in [0.05, 0.1) is 16.7 Å². The van der Waals surface area contributed by atoms with Crippen LogP contribution in [-0.2, 0) is 0 Å². The number of benzene rings is 5. The van der Waals surface area contributed by atoms with Crippen LogP contribution in [0.5, 0.6) is 0 Å². The summed E-state index contributed by atoms with van der Waals surface area (Å²) in [6, 6.07) is 30.5. The Bertz CT molecular complexity index is 1950. The highest BCUT2D eigenvalue weighted by atomic mass is 79.9. The lowest BCUT2D eigenvalue weighted by atomic mass is 9.96. The fraction of sp³-hybridized carbons (Fsp3) is 0. The van der Waals surface area contributed by atoms with Gasteiger partial charge in [0, 0.05) is 41.0 Å². The molecule has 166 valence electrons. The zero-order valence-corrected chi connectivity index (χ0v) is 21.3. The number of para-hydroxylation sites is 2. The minimum Gasteiger partial charge on any atom is -0.309 e. The highest BCUT2D eigenvalue weighted by Gasteiger charge is 2.20. The molecule has 0 amide bonds. The molecule has 0 saturated heterocycles. The Morgan fingerprint density at radius 1 is 0.629 bits per heavy atom. The van der Waals surface area contributed by atoms with Crippen molar-refractivity contribution in [1.29, 1.82) is 0 Å². The standard InChI is InChI=1S/C32H20BrNS/c1-3-19-20(4-2)31-30(35-29-17-25(33)21-11-5-6-14-24(21)32(29)31)18-28(19)34-26-15-9-7-12-22(26)23-13-8-10-16-27(23)34/h3-18H,1-2H2. The van der Waals surface area contributed by atoms with Gasteiger partial charge in [-0.15, -0.1) is 11.3 Å². The van der Waals surface area contributed by atoms with Gasteiger partial charge >= 0.3 is 0 Å². The first-order chi connectivity index (χ1) is 17.2. The molecule has 2 heterocycles. The van der Waals surface area contributed by atoms with Crippen molar-refractivity contribution in [2.24, 2.45) is 0 Å². The van der Waals surface area contributed by atoms with Crippen molar-refractivity contribution in [3.05, 3.63) is 114 Å². The molecule has 0 unspecified atom stereocenters. The summed E-state index contributed by atoms with van der Waals surface area (Å²) in [5.41, 5.74) is 5.76. The lowest BCUT2D eigenvalue weighted by Gasteiger charge is -2.15. The maximum atomic E-state index is 4.26. The molecular formula is C32H20BrNS. The quantitative estimate of drug-likeness (QED) is 0.214. The minimum atomic E-state index is 1.10. The number of rotatable bonds is 3. The van der Waals surface area contributed by atoms with Gasteiger partial charge in [0.1, 0.15) is 0 Å². The first kappa shape index (κ1) is 20.7. The highest BCUT2D eigenvalue weighted by molar-refractivity contribution is 9.10. The number of thiophene rings is 1. The molecule has 0 spiro atoms. The molecule has 2 aromatic heterocycles. The molecule has 1 nitrogen and oxygen atoms in total. The lowest BCUT2D eigenvalue weighted by Crippen LogP contribution is -1.99. The van der Waals surface area contributed by atoms with Crippen LogP contribution in [0.15, 0.2) is 103 Å². The minimum absolute atomic E-state index is 1.10. The van der Waals surface area contributed by atoms with Crippen molar-refractivity contribution in [1.82, 2.24) is 4.57 Å². The average Bonchev–Trinajstić information content (AvgIpc) is 3.43. The molecular weight excluding hydrogens is 510 g/mol. The smallest absolute Gasteiger partial charge is 0.0554 e. The number of hydrogen-bond donors (Lipinski definition) is 0. The van der Waals surface area contributed by atoms with Crippen molar-refractivity contribution in [2.75, 3.05) is 0 Å². The van der Waals surface area contributed by atoms with E-state index >= 15 is 0 Å². The zero-order valence-electron chi connectivity index (χ0n) is 18.9. The highest BCUT2D eigenvalue weighted by Crippen LogP contribution is 2.46. The Morgan fingerprint density at radius 2 is 1.17 bits per heavy atom. The third-order valence-corrected chi connectivity index (χ3v) is 8.75. The van der Waals surface area contributed by atoms with Gasteiger partial charge in [0.2, 0.25) is 0 Å². The topological polar surface area (TPSA) is 4.93 Å². The fourth-order valence-electron chi connectivity index (χ4n) is 5.58. The van der Waals surface area contributed by atoms with E-state index in [-0.39, 0.29) is 0 Å². The van der Waals surface area contributed by atoms with E-state index in [9.17, 15) is 0 Å². The van der Waals surface area contributed by atoms with Crippen LogP contribution < -0.4 is 0 Å². The van der Waals surface area contributed by atoms with Crippen LogP contribution in [0.1, 0.15) is 11.1 Å². The third-order valence-electron chi connectivity index (χ3n) is 7.01. The number of fused-ring (bicyclic) bond motifs is 8. The first-order valence-electron chi connectivity index (χ1n) is 11.5. The Labute approximate surface area is 215 Å². The molecule has 0 N–H and O–H groups in total. The molecule has 0 aliphatic carbocycles. The van der Waals surface area contributed by atoms with Gasteiger partial charge in [0.25, 0.3) is 0 Å². The molecule has 0 aliphatic heterocycles. The predicted molar refractivity (Wildman–Crippen MR) is 159 cm³/mol. The zero-order chi connectivity index (χ0) is 23.7. The van der Waals surface area contributed by atoms with Crippen LogP contribution in [0.3, 0.4) is 0 Å². The van der Waals surface area contributed by atoms with Crippen molar-refractivity contribution in [3.63, 3.8) is 0 Å². The molecule has 5 aromatic carbocycles. The summed E-state index contributed by atoms with van der Waals surface area (Å²) in [5.74, 6) is 0. The number of aromatic nitrogens is 1. The van der Waals surface area contributed by atoms with Gasteiger partial charge in [-0.25, -0.2) is 0 Å². The van der Waals surface area contributed by atoms with Crippen LogP contribution in [-0.4, -0.2) is 4.57 Å². The Balaban J connectivity index is 1.71.